The molecule has 0 aliphatic carbocycles. The summed E-state index contributed by atoms with van der Waals surface area (Å²) >= 11 is 0. The maximum atomic E-state index is 13.8. The molecule has 1 heterocycles. The highest BCUT2D eigenvalue weighted by atomic mass is 19.1. The first-order chi connectivity index (χ1) is 9.61. The lowest BCUT2D eigenvalue weighted by molar-refractivity contribution is 0.116. The van der Waals surface area contributed by atoms with Gasteiger partial charge in [0, 0.05) is 32.3 Å². The van der Waals surface area contributed by atoms with E-state index in [1.807, 2.05) is 18.9 Å². The van der Waals surface area contributed by atoms with Gasteiger partial charge in [-0.1, -0.05) is 6.92 Å². The predicted octanol–water partition coefficient (Wildman–Crippen LogP) is 2.81. The van der Waals surface area contributed by atoms with Gasteiger partial charge in [0.05, 0.1) is 24.1 Å². The molecule has 1 fully saturated rings. The number of nitrogens with zero attached hydrogens (tertiary/aromatic N) is 1. The van der Waals surface area contributed by atoms with Crippen molar-refractivity contribution >= 4 is 11.4 Å². The SMILES string of the molecule is CCCOc1cc(N(C)CC2CCCO2)c(N)cc1F. The molecule has 0 spiro atoms. The Balaban J connectivity index is 2.12. The van der Waals surface area contributed by atoms with E-state index in [1.165, 1.54) is 6.07 Å². The molecule has 1 aromatic rings. The number of nitrogen functional groups attached to an aromatic ring is 1. The molecule has 1 atom stereocenters. The molecule has 0 amide bonds. The Labute approximate surface area is 119 Å². The molecule has 1 unspecified atom stereocenters. The van der Waals surface area contributed by atoms with E-state index in [9.17, 15) is 4.39 Å². The number of halogens is 1. The largest absolute Gasteiger partial charge is 0.490 e. The van der Waals surface area contributed by atoms with Crippen molar-refractivity contribution in [2.75, 3.05) is 37.4 Å². The Bertz CT molecular complexity index is 448. The molecule has 1 aromatic carbocycles. The lowest BCUT2D eigenvalue weighted by Gasteiger charge is -2.24. The highest BCUT2D eigenvalue weighted by molar-refractivity contribution is 5.69. The Hall–Kier alpha value is -1.49. The van der Waals surface area contributed by atoms with E-state index in [4.69, 9.17) is 15.2 Å². The molecule has 0 aromatic heterocycles. The number of nitrogens with two attached hydrogens (primary N) is 1. The summed E-state index contributed by atoms with van der Waals surface area (Å²) in [6, 6.07) is 3.00. The predicted molar refractivity (Wildman–Crippen MR) is 78.8 cm³/mol. The van der Waals surface area contributed by atoms with Crippen LogP contribution in [0.25, 0.3) is 0 Å². The monoisotopic (exact) mass is 282 g/mol. The normalized spacial score (nSPS) is 18.2. The number of rotatable bonds is 6. The van der Waals surface area contributed by atoms with Crippen LogP contribution in [0.1, 0.15) is 26.2 Å². The van der Waals surface area contributed by atoms with Crippen LogP contribution < -0.4 is 15.4 Å². The van der Waals surface area contributed by atoms with Gasteiger partial charge in [-0.15, -0.1) is 0 Å². The molecule has 0 bridgehead atoms. The Morgan fingerprint density at radius 2 is 2.30 bits per heavy atom. The lowest BCUT2D eigenvalue weighted by atomic mass is 10.2. The van der Waals surface area contributed by atoms with Crippen LogP contribution in [0.3, 0.4) is 0 Å². The van der Waals surface area contributed by atoms with Crippen LogP contribution in [0.15, 0.2) is 12.1 Å². The average Bonchev–Trinajstić information content (AvgIpc) is 2.90. The second kappa shape index (κ2) is 6.79. The van der Waals surface area contributed by atoms with Crippen molar-refractivity contribution in [2.24, 2.45) is 0 Å². The molecule has 0 radical (unpaired) electrons. The number of anilines is 2. The molecule has 4 nitrogen and oxygen atoms in total. The second-order valence-corrected chi connectivity index (χ2v) is 5.21. The van der Waals surface area contributed by atoms with Crippen molar-refractivity contribution in [1.82, 2.24) is 0 Å². The molecular formula is C15H23FN2O2. The maximum Gasteiger partial charge on any atom is 0.167 e. The molecule has 2 N–H and O–H groups in total. The van der Waals surface area contributed by atoms with Gasteiger partial charge in [-0.3, -0.25) is 0 Å². The van der Waals surface area contributed by atoms with Crippen LogP contribution in [-0.2, 0) is 4.74 Å². The van der Waals surface area contributed by atoms with Crippen LogP contribution in [0.5, 0.6) is 5.75 Å². The summed E-state index contributed by atoms with van der Waals surface area (Å²) in [5, 5.41) is 0. The fraction of sp³-hybridized carbons (Fsp3) is 0.600. The van der Waals surface area contributed by atoms with E-state index in [1.54, 1.807) is 6.07 Å². The Kier molecular flexibility index (Phi) is 5.06. The highest BCUT2D eigenvalue weighted by Gasteiger charge is 2.19. The van der Waals surface area contributed by atoms with Crippen LogP contribution in [-0.4, -0.2) is 32.9 Å². The van der Waals surface area contributed by atoms with Gasteiger partial charge in [0.15, 0.2) is 11.6 Å². The minimum atomic E-state index is -0.412. The van der Waals surface area contributed by atoms with Crippen molar-refractivity contribution in [3.63, 3.8) is 0 Å². The fourth-order valence-corrected chi connectivity index (χ4v) is 2.40. The van der Waals surface area contributed by atoms with E-state index in [-0.39, 0.29) is 11.9 Å². The maximum absolute atomic E-state index is 13.8. The first-order valence-electron chi connectivity index (χ1n) is 7.16. The van der Waals surface area contributed by atoms with E-state index in [0.29, 0.717) is 12.3 Å². The summed E-state index contributed by atoms with van der Waals surface area (Å²) in [5.41, 5.74) is 7.12. The molecule has 0 saturated carbocycles. The van der Waals surface area contributed by atoms with Crippen molar-refractivity contribution < 1.29 is 13.9 Å². The van der Waals surface area contributed by atoms with Crippen molar-refractivity contribution in [3.05, 3.63) is 17.9 Å². The van der Waals surface area contributed by atoms with Crippen LogP contribution in [0, 0.1) is 5.82 Å². The number of hydrogen-bond donors (Lipinski definition) is 1. The van der Waals surface area contributed by atoms with Gasteiger partial charge in [0.25, 0.3) is 0 Å². The highest BCUT2D eigenvalue weighted by Crippen LogP contribution is 2.31. The minimum Gasteiger partial charge on any atom is -0.490 e. The lowest BCUT2D eigenvalue weighted by Crippen LogP contribution is -2.29. The van der Waals surface area contributed by atoms with E-state index < -0.39 is 5.82 Å². The molecular weight excluding hydrogens is 259 g/mol. The third kappa shape index (κ3) is 3.54. The van der Waals surface area contributed by atoms with Gasteiger partial charge in [-0.25, -0.2) is 4.39 Å². The minimum absolute atomic E-state index is 0.226. The van der Waals surface area contributed by atoms with Gasteiger partial charge in [-0.2, -0.15) is 0 Å². The molecule has 2 rings (SSSR count). The van der Waals surface area contributed by atoms with Crippen molar-refractivity contribution in [2.45, 2.75) is 32.3 Å². The number of likely N-dealkylation sites (N-methyl/N-ethyl adjacent to an activating group) is 1. The van der Waals surface area contributed by atoms with Crippen LogP contribution in [0.4, 0.5) is 15.8 Å². The Morgan fingerprint density at radius 3 is 2.95 bits per heavy atom. The van der Waals surface area contributed by atoms with Gasteiger partial charge < -0.3 is 20.1 Å². The second-order valence-electron chi connectivity index (χ2n) is 5.21. The topological polar surface area (TPSA) is 47.7 Å². The zero-order valence-corrected chi connectivity index (χ0v) is 12.2. The van der Waals surface area contributed by atoms with Crippen molar-refractivity contribution in [3.8, 4) is 5.75 Å². The zero-order chi connectivity index (χ0) is 14.5. The summed E-state index contributed by atoms with van der Waals surface area (Å²) in [7, 11) is 1.94. The molecule has 1 saturated heterocycles. The Morgan fingerprint density at radius 1 is 1.50 bits per heavy atom. The van der Waals surface area contributed by atoms with Crippen LogP contribution >= 0.6 is 0 Å². The van der Waals surface area contributed by atoms with Gasteiger partial charge in [0.2, 0.25) is 0 Å². The summed E-state index contributed by atoms with van der Waals surface area (Å²) in [6.07, 6.45) is 3.22. The summed E-state index contributed by atoms with van der Waals surface area (Å²) in [6.45, 7) is 4.06. The average molecular weight is 282 g/mol. The number of ether oxygens (including phenoxy) is 2. The smallest absolute Gasteiger partial charge is 0.167 e. The fourth-order valence-electron chi connectivity index (χ4n) is 2.40. The van der Waals surface area contributed by atoms with Crippen molar-refractivity contribution in [1.29, 1.82) is 0 Å². The van der Waals surface area contributed by atoms with Crippen LogP contribution in [0.2, 0.25) is 0 Å². The summed E-state index contributed by atoms with van der Waals surface area (Å²) in [5.74, 6) is -0.152. The molecule has 20 heavy (non-hydrogen) atoms. The number of benzene rings is 1. The molecule has 112 valence electrons. The standard InChI is InChI=1S/C15H23FN2O2/c1-3-6-20-15-9-14(13(17)8-12(15)16)18(2)10-11-5-4-7-19-11/h8-9,11H,3-7,10,17H2,1-2H3. The van der Waals surface area contributed by atoms with Gasteiger partial charge >= 0.3 is 0 Å². The molecule has 1 aliphatic heterocycles. The number of hydrogen-bond acceptors (Lipinski definition) is 4. The third-order valence-electron chi connectivity index (χ3n) is 3.46. The summed E-state index contributed by atoms with van der Waals surface area (Å²) < 4.78 is 24.8. The van der Waals surface area contributed by atoms with E-state index in [2.05, 4.69) is 0 Å². The molecule has 5 heteroatoms. The zero-order valence-electron chi connectivity index (χ0n) is 12.2. The van der Waals surface area contributed by atoms with E-state index >= 15 is 0 Å². The first kappa shape index (κ1) is 14.9. The van der Waals surface area contributed by atoms with Gasteiger partial charge in [-0.05, 0) is 19.3 Å². The van der Waals surface area contributed by atoms with E-state index in [0.717, 1.165) is 38.1 Å². The quantitative estimate of drug-likeness (QED) is 0.815. The first-order valence-corrected chi connectivity index (χ1v) is 7.16. The summed E-state index contributed by atoms with van der Waals surface area (Å²) in [4.78, 5) is 2.00. The third-order valence-corrected chi connectivity index (χ3v) is 3.46. The molecule has 1 aliphatic rings. The van der Waals surface area contributed by atoms with Gasteiger partial charge in [0.1, 0.15) is 0 Å².